The molecule has 366 valence electrons. The number of aromatic nitrogens is 3. The van der Waals surface area contributed by atoms with Crippen LogP contribution in [0.4, 0.5) is 0 Å². The Morgan fingerprint density at radius 2 is 1.66 bits per heavy atom. The zero-order chi connectivity index (χ0) is 47.6. The third-order valence-corrected chi connectivity index (χ3v) is 19.9. The Labute approximate surface area is 412 Å². The van der Waals surface area contributed by atoms with E-state index in [1.54, 1.807) is 22.8 Å². The van der Waals surface area contributed by atoms with Gasteiger partial charge in [0.25, 0.3) is 5.82 Å². The summed E-state index contributed by atoms with van der Waals surface area (Å²) in [6.07, 6.45) is 39.2. The van der Waals surface area contributed by atoms with Crippen LogP contribution in [0.25, 0.3) is 0 Å². The van der Waals surface area contributed by atoms with Gasteiger partial charge < -0.3 is 9.84 Å². The van der Waals surface area contributed by atoms with E-state index in [0.29, 0.717) is 59.3 Å². The summed E-state index contributed by atoms with van der Waals surface area (Å²) >= 11 is 0. The van der Waals surface area contributed by atoms with Gasteiger partial charge in [-0.15, -0.1) is 9.13 Å². The van der Waals surface area contributed by atoms with E-state index < -0.39 is 5.60 Å². The number of ether oxygens (including phenoxy) is 1. The number of nitrogens with zero attached hydrogens (tertiary/aromatic N) is 3. The van der Waals surface area contributed by atoms with E-state index in [-0.39, 0.29) is 29.0 Å². The fourth-order valence-corrected chi connectivity index (χ4v) is 16.3. The second kappa shape index (κ2) is 17.4. The van der Waals surface area contributed by atoms with Crippen LogP contribution in [0.5, 0.6) is 0 Å². The van der Waals surface area contributed by atoms with Gasteiger partial charge in [-0.3, -0.25) is 0 Å². The smallest absolute Gasteiger partial charge is 0.403 e. The number of aliphatic hydroxyl groups is 1. The predicted molar refractivity (Wildman–Crippen MR) is 276 cm³/mol. The average molecular weight is 920 g/mol. The van der Waals surface area contributed by atoms with E-state index in [2.05, 4.69) is 151 Å². The van der Waals surface area contributed by atoms with Crippen LogP contribution in [-0.2, 0) is 11.2 Å². The molecule has 9 aliphatic rings. The highest BCUT2D eigenvalue weighted by atomic mass is 16.5. The molecule has 68 heavy (non-hydrogen) atoms. The molecule has 1 N–H and O–H groups in total. The van der Waals surface area contributed by atoms with E-state index >= 15 is 0 Å². The zero-order valence-electron chi connectivity index (χ0n) is 44.3. The van der Waals surface area contributed by atoms with Crippen molar-refractivity contribution in [1.82, 2.24) is 4.57 Å². The van der Waals surface area contributed by atoms with Crippen LogP contribution >= 0.6 is 0 Å². The van der Waals surface area contributed by atoms with Crippen LogP contribution < -0.4 is 9.13 Å². The quantitative estimate of drug-likeness (QED) is 0.240. The van der Waals surface area contributed by atoms with E-state index in [1.807, 2.05) is 0 Å². The summed E-state index contributed by atoms with van der Waals surface area (Å²) in [6, 6.07) is 5.47. The molecule has 1 fully saturated rings. The van der Waals surface area contributed by atoms with E-state index in [9.17, 15) is 5.11 Å². The van der Waals surface area contributed by atoms with Gasteiger partial charge in [-0.05, 0) is 180 Å². The van der Waals surface area contributed by atoms with Gasteiger partial charge in [0.15, 0.2) is 17.6 Å². The van der Waals surface area contributed by atoms with E-state index in [1.165, 1.54) is 97.9 Å². The molecule has 0 amide bonds. The first-order valence-electron chi connectivity index (χ1n) is 28.2. The molecule has 4 heterocycles. The fourth-order valence-electron chi connectivity index (χ4n) is 16.3. The molecule has 0 radical (unpaired) electrons. The summed E-state index contributed by atoms with van der Waals surface area (Å²) in [7, 11) is 0. The molecule has 5 heteroatoms. The normalized spacial score (nSPS) is 35.9. The molecule has 0 saturated heterocycles. The van der Waals surface area contributed by atoms with Gasteiger partial charge in [0, 0.05) is 48.1 Å². The number of rotatable bonds is 5. The lowest BCUT2D eigenvalue weighted by Crippen LogP contribution is -2.65. The lowest BCUT2D eigenvalue weighted by Gasteiger charge is -2.47. The first kappa shape index (κ1) is 46.9. The van der Waals surface area contributed by atoms with Crippen molar-refractivity contribution < 1.29 is 19.0 Å². The maximum absolute atomic E-state index is 12.2. The van der Waals surface area contributed by atoms with Crippen LogP contribution in [0.1, 0.15) is 237 Å². The molecule has 1 saturated carbocycles. The lowest BCUT2D eigenvalue weighted by molar-refractivity contribution is -0.993. The average Bonchev–Trinajstić information content (AvgIpc) is 3.66. The van der Waals surface area contributed by atoms with Gasteiger partial charge in [-0.25, -0.2) is 4.57 Å². The molecular weight excluding hydrogens is 831 g/mol. The molecule has 13 atom stereocenters. The number of imidazole rings is 1. The van der Waals surface area contributed by atoms with Crippen molar-refractivity contribution in [1.29, 1.82) is 0 Å². The fraction of sp³-hybridized carbons (Fsp3) is 0.683. The monoisotopic (exact) mass is 920 g/mol. The van der Waals surface area contributed by atoms with Crippen LogP contribution in [0.3, 0.4) is 0 Å². The highest BCUT2D eigenvalue weighted by Crippen LogP contribution is 2.59. The summed E-state index contributed by atoms with van der Waals surface area (Å²) in [4.78, 5) is 0. The Balaban J connectivity index is 1.17. The van der Waals surface area contributed by atoms with Crippen molar-refractivity contribution in [3.63, 3.8) is 0 Å². The van der Waals surface area contributed by atoms with Crippen LogP contribution in [-0.4, -0.2) is 15.3 Å². The number of pyridine rings is 1. The first-order chi connectivity index (χ1) is 32.4. The summed E-state index contributed by atoms with van der Waals surface area (Å²) in [5.41, 5.74) is 11.6. The third kappa shape index (κ3) is 8.05. The minimum atomic E-state index is -0.864. The Morgan fingerprint density at radius 3 is 2.35 bits per heavy atom. The lowest BCUT2D eigenvalue weighted by atomic mass is 9.57. The summed E-state index contributed by atoms with van der Waals surface area (Å²) < 4.78 is 16.6. The van der Waals surface area contributed by atoms with Crippen molar-refractivity contribution in [2.75, 3.05) is 0 Å². The molecule has 7 aliphatic carbocycles. The van der Waals surface area contributed by atoms with E-state index in [0.717, 1.165) is 38.5 Å². The SMILES string of the molecule is CC1=C2O[C@H]3[n+]4ccc(C5C=CC(C(C)(C)C)=CC5)cc4C4CC(C(C)(C)C)CC(C5CCCc6c5[n+]3c(n6C3CC(C5=CCCCC5)C(C(C)(C)O)=CC3C3C=CCCC3)C2CC(C)C1)C4C. The molecule has 2 aromatic heterocycles. The van der Waals surface area contributed by atoms with Crippen LogP contribution in [0, 0.1) is 52.3 Å². The van der Waals surface area contributed by atoms with Crippen molar-refractivity contribution in [3.05, 3.63) is 117 Å². The molecule has 0 aromatic carbocycles. The van der Waals surface area contributed by atoms with Crippen LogP contribution in [0.15, 0.2) is 88.9 Å². The largest absolute Gasteiger partial charge is 0.459 e. The molecule has 0 spiro atoms. The molecule has 12 unspecified atom stereocenters. The van der Waals surface area contributed by atoms with Gasteiger partial charge >= 0.3 is 6.35 Å². The van der Waals surface area contributed by atoms with Gasteiger partial charge in [-0.1, -0.05) is 103 Å². The summed E-state index contributed by atoms with van der Waals surface area (Å²) in [5, 5.41) is 12.2. The van der Waals surface area contributed by atoms with Crippen molar-refractivity contribution in [2.24, 2.45) is 52.3 Å². The Morgan fingerprint density at radius 1 is 0.838 bits per heavy atom. The highest BCUT2D eigenvalue weighted by Gasteiger charge is 2.60. The molecule has 2 aromatic rings. The van der Waals surface area contributed by atoms with E-state index in [4.69, 9.17) is 4.74 Å². The number of fused-ring (bicyclic) bond motifs is 8. The second-order valence-corrected chi connectivity index (χ2v) is 26.8. The van der Waals surface area contributed by atoms with Crippen molar-refractivity contribution in [3.8, 4) is 0 Å². The number of hydrogen-bond acceptors (Lipinski definition) is 2. The van der Waals surface area contributed by atoms with Crippen molar-refractivity contribution >= 4 is 0 Å². The Kier molecular flexibility index (Phi) is 12.0. The van der Waals surface area contributed by atoms with Gasteiger partial charge in [0.05, 0.1) is 5.60 Å². The third-order valence-electron chi connectivity index (χ3n) is 19.9. The predicted octanol–water partition coefficient (Wildman–Crippen LogP) is 14.9. The van der Waals surface area contributed by atoms with Gasteiger partial charge in [0.1, 0.15) is 23.4 Å². The molecule has 2 aliphatic heterocycles. The van der Waals surface area contributed by atoms with Crippen LogP contribution in [0.2, 0.25) is 0 Å². The van der Waals surface area contributed by atoms with Crippen molar-refractivity contribution in [2.45, 2.75) is 221 Å². The zero-order valence-corrected chi connectivity index (χ0v) is 44.3. The molecule has 11 rings (SSSR count). The van der Waals surface area contributed by atoms with Gasteiger partial charge in [0.2, 0.25) is 0 Å². The first-order valence-corrected chi connectivity index (χ1v) is 28.2. The highest BCUT2D eigenvalue weighted by molar-refractivity contribution is 5.38. The molecular formula is C63H89N3O2+2. The summed E-state index contributed by atoms with van der Waals surface area (Å²) in [6.45, 7) is 26.4. The minimum absolute atomic E-state index is 0.158. The van der Waals surface area contributed by atoms with Gasteiger partial charge in [-0.2, -0.15) is 0 Å². The maximum Gasteiger partial charge on any atom is 0.459 e. The number of hydrogen-bond donors (Lipinski definition) is 1. The Bertz CT molecular complexity index is 2480. The maximum atomic E-state index is 12.2. The topological polar surface area (TPSA) is 42.1 Å². The summed E-state index contributed by atoms with van der Waals surface area (Å²) in [5.74, 6) is 7.82. The number of allylic oxidation sites excluding steroid dienone is 11. The molecule has 5 nitrogen and oxygen atoms in total. The minimum Gasteiger partial charge on any atom is -0.403 e. The standard InChI is InChI=1S/C63H89N3O2/c1-38-31-39(2)58-52(32-38)59-65(56-37-50(42-19-14-12-15-20-42)53(63(10,11)67)36-51(56)43-21-16-13-17-22-43)54-24-18-23-47-48-34-46(62(7,8)9)35-49(40(48)3)55-33-44(41-25-27-45(28-26-41)61(4,5)6)29-30-64(55)60(68-58)66(59)57(47)54/h16,19,21,25,27-30,33,36,38,40-41,43,46-52,56,60,67H,12-15,17-18,20,22-24,26,31-32,34-35,37H2,1-11H3/q+2/t38?,40?,41?,43?,46?,47?,48?,49?,50?,51?,52?,56?,60-/m0/s1. The molecule has 2 bridgehead atoms. The second-order valence-electron chi connectivity index (χ2n) is 26.8. The Hall–Kier alpha value is -3.44.